The molecular formula is C26H36F4O. The minimum absolute atomic E-state index is 0.187. The molecule has 0 bridgehead atoms. The second kappa shape index (κ2) is 9.80. The number of ether oxygens (including phenoxy) is 1. The van der Waals surface area contributed by atoms with E-state index in [4.69, 9.17) is 4.74 Å². The van der Waals surface area contributed by atoms with Gasteiger partial charge in [0.05, 0.1) is 17.8 Å². The fraction of sp³-hybridized carbons (Fsp3) is 0.769. The number of alkyl halides is 3. The molecule has 174 valence electrons. The van der Waals surface area contributed by atoms with Gasteiger partial charge in [0.2, 0.25) is 0 Å². The van der Waals surface area contributed by atoms with Crippen LogP contribution >= 0.6 is 0 Å². The average molecular weight is 441 g/mol. The first-order valence-corrected chi connectivity index (χ1v) is 12.4. The summed E-state index contributed by atoms with van der Waals surface area (Å²) in [5, 5.41) is 0. The molecule has 1 nitrogen and oxygen atoms in total. The van der Waals surface area contributed by atoms with Crippen LogP contribution in [0.1, 0.15) is 101 Å². The van der Waals surface area contributed by atoms with E-state index in [-0.39, 0.29) is 5.92 Å². The van der Waals surface area contributed by atoms with Crippen LogP contribution in [0.25, 0.3) is 0 Å². The van der Waals surface area contributed by atoms with Gasteiger partial charge in [-0.3, -0.25) is 0 Å². The number of rotatable bonds is 5. The van der Waals surface area contributed by atoms with Crippen LogP contribution in [-0.2, 0) is 10.9 Å². The molecule has 2 atom stereocenters. The quantitative estimate of drug-likeness (QED) is 0.419. The Kier molecular flexibility index (Phi) is 7.30. The molecule has 2 saturated carbocycles. The topological polar surface area (TPSA) is 9.23 Å². The Hall–Kier alpha value is -1.10. The molecule has 5 heteroatoms. The van der Waals surface area contributed by atoms with Gasteiger partial charge in [-0.2, -0.15) is 13.2 Å². The number of benzene rings is 1. The zero-order valence-corrected chi connectivity index (χ0v) is 18.6. The van der Waals surface area contributed by atoms with Crippen molar-refractivity contribution in [2.75, 3.05) is 0 Å². The Morgan fingerprint density at radius 3 is 2.03 bits per heavy atom. The molecule has 1 heterocycles. The Balaban J connectivity index is 1.24. The van der Waals surface area contributed by atoms with E-state index in [1.54, 1.807) is 0 Å². The van der Waals surface area contributed by atoms with Crippen molar-refractivity contribution >= 4 is 0 Å². The first kappa shape index (κ1) is 23.1. The van der Waals surface area contributed by atoms with Crippen molar-refractivity contribution in [3.8, 4) is 0 Å². The van der Waals surface area contributed by atoms with Gasteiger partial charge in [-0.25, -0.2) is 4.39 Å². The fourth-order valence-corrected chi connectivity index (χ4v) is 6.54. The molecule has 0 spiro atoms. The molecule has 31 heavy (non-hydrogen) atoms. The Labute approximate surface area is 183 Å². The van der Waals surface area contributed by atoms with Crippen LogP contribution in [-0.4, -0.2) is 12.2 Å². The first-order chi connectivity index (χ1) is 14.8. The third kappa shape index (κ3) is 5.46. The first-order valence-electron chi connectivity index (χ1n) is 12.4. The molecule has 1 aromatic rings. The van der Waals surface area contributed by atoms with Crippen LogP contribution in [0.4, 0.5) is 17.6 Å². The summed E-state index contributed by atoms with van der Waals surface area (Å²) in [6.07, 6.45) is 10.4. The molecule has 0 N–H and O–H groups in total. The minimum Gasteiger partial charge on any atom is -0.375 e. The van der Waals surface area contributed by atoms with Crippen molar-refractivity contribution in [1.82, 2.24) is 0 Å². The molecule has 3 fully saturated rings. The van der Waals surface area contributed by atoms with Crippen molar-refractivity contribution in [1.29, 1.82) is 0 Å². The van der Waals surface area contributed by atoms with Crippen LogP contribution in [0.3, 0.4) is 0 Å². The largest absolute Gasteiger partial charge is 0.419 e. The molecule has 2 aliphatic carbocycles. The highest BCUT2D eigenvalue weighted by Crippen LogP contribution is 2.46. The maximum absolute atomic E-state index is 14.0. The van der Waals surface area contributed by atoms with Gasteiger partial charge in [-0.1, -0.05) is 19.4 Å². The van der Waals surface area contributed by atoms with Crippen LogP contribution in [0.15, 0.2) is 18.2 Å². The highest BCUT2D eigenvalue weighted by Gasteiger charge is 2.37. The third-order valence-corrected chi connectivity index (χ3v) is 8.30. The zero-order chi connectivity index (χ0) is 22.0. The molecule has 3 aliphatic rings. The van der Waals surface area contributed by atoms with Gasteiger partial charge in [0.15, 0.2) is 0 Å². The Morgan fingerprint density at radius 1 is 0.839 bits per heavy atom. The highest BCUT2D eigenvalue weighted by molar-refractivity contribution is 5.29. The van der Waals surface area contributed by atoms with E-state index >= 15 is 0 Å². The second-order valence-electron chi connectivity index (χ2n) is 10.2. The summed E-state index contributed by atoms with van der Waals surface area (Å²) in [5.41, 5.74) is -0.429. The van der Waals surface area contributed by atoms with E-state index in [2.05, 4.69) is 6.92 Å². The number of halogens is 4. The zero-order valence-electron chi connectivity index (χ0n) is 18.6. The van der Waals surface area contributed by atoms with Gasteiger partial charge in [0, 0.05) is 0 Å². The van der Waals surface area contributed by atoms with Gasteiger partial charge in [0.25, 0.3) is 0 Å². The maximum atomic E-state index is 14.0. The van der Waals surface area contributed by atoms with E-state index in [9.17, 15) is 17.6 Å². The smallest absolute Gasteiger partial charge is 0.375 e. The highest BCUT2D eigenvalue weighted by atomic mass is 19.4. The van der Waals surface area contributed by atoms with E-state index in [1.807, 2.05) is 0 Å². The third-order valence-electron chi connectivity index (χ3n) is 8.30. The SMILES string of the molecule is CCCC1CCC(C2CCC(C3CCC(c4ccc(C(F)(F)F)c(F)c4)CC3)CC2)O1. The van der Waals surface area contributed by atoms with E-state index in [0.717, 1.165) is 55.2 Å². The predicted octanol–water partition coefficient (Wildman–Crippen LogP) is 8.27. The summed E-state index contributed by atoms with van der Waals surface area (Å²) in [6, 6.07) is 3.51. The summed E-state index contributed by atoms with van der Waals surface area (Å²) in [5.74, 6) is 1.26. The molecule has 2 unspecified atom stereocenters. The second-order valence-corrected chi connectivity index (χ2v) is 10.2. The van der Waals surface area contributed by atoms with E-state index in [1.165, 1.54) is 57.4 Å². The summed E-state index contributed by atoms with van der Waals surface area (Å²) in [4.78, 5) is 0. The molecule has 0 aromatic heterocycles. The van der Waals surface area contributed by atoms with Crippen molar-refractivity contribution in [2.45, 2.75) is 108 Å². The number of hydrogen-bond donors (Lipinski definition) is 0. The lowest BCUT2D eigenvalue weighted by Gasteiger charge is -2.39. The van der Waals surface area contributed by atoms with Crippen LogP contribution in [0.2, 0.25) is 0 Å². The molecule has 1 aromatic carbocycles. The molecule has 1 aliphatic heterocycles. The predicted molar refractivity (Wildman–Crippen MR) is 114 cm³/mol. The molecule has 0 radical (unpaired) electrons. The minimum atomic E-state index is -4.63. The lowest BCUT2D eigenvalue weighted by Crippen LogP contribution is -2.30. The molecule has 4 rings (SSSR count). The van der Waals surface area contributed by atoms with E-state index in [0.29, 0.717) is 18.1 Å². The van der Waals surface area contributed by atoms with Crippen LogP contribution in [0, 0.1) is 23.6 Å². The summed E-state index contributed by atoms with van der Waals surface area (Å²) in [7, 11) is 0. The monoisotopic (exact) mass is 440 g/mol. The fourth-order valence-electron chi connectivity index (χ4n) is 6.54. The summed E-state index contributed by atoms with van der Waals surface area (Å²) >= 11 is 0. The van der Waals surface area contributed by atoms with Crippen molar-refractivity contribution in [2.24, 2.45) is 17.8 Å². The maximum Gasteiger partial charge on any atom is 0.419 e. The standard InChI is InChI=1S/C26H36F4O/c1-2-3-22-13-15-25(31-22)20-10-8-18(9-11-20)17-4-6-19(7-5-17)21-12-14-23(24(27)16-21)26(28,29)30/h12,14,16-20,22,25H,2-11,13,15H2,1H3. The lowest BCUT2D eigenvalue weighted by atomic mass is 9.67. The normalized spacial score (nSPS) is 34.7. The molecular weight excluding hydrogens is 404 g/mol. The van der Waals surface area contributed by atoms with Crippen molar-refractivity contribution in [3.05, 3.63) is 35.1 Å². The van der Waals surface area contributed by atoms with Gasteiger partial charge in [-0.15, -0.1) is 0 Å². The lowest BCUT2D eigenvalue weighted by molar-refractivity contribution is -0.140. The van der Waals surface area contributed by atoms with Gasteiger partial charge < -0.3 is 4.74 Å². The van der Waals surface area contributed by atoms with Crippen LogP contribution in [0.5, 0.6) is 0 Å². The Morgan fingerprint density at radius 2 is 1.45 bits per heavy atom. The van der Waals surface area contributed by atoms with Crippen molar-refractivity contribution in [3.63, 3.8) is 0 Å². The summed E-state index contributed by atoms with van der Waals surface area (Å²) < 4.78 is 58.7. The average Bonchev–Trinajstić information content (AvgIpc) is 3.22. The molecule has 1 saturated heterocycles. The van der Waals surface area contributed by atoms with Gasteiger partial charge >= 0.3 is 6.18 Å². The van der Waals surface area contributed by atoms with E-state index < -0.39 is 17.6 Å². The van der Waals surface area contributed by atoms with Gasteiger partial charge in [0.1, 0.15) is 5.82 Å². The van der Waals surface area contributed by atoms with Crippen LogP contribution < -0.4 is 0 Å². The Bertz CT molecular complexity index is 715. The van der Waals surface area contributed by atoms with Crippen molar-refractivity contribution < 1.29 is 22.3 Å². The summed E-state index contributed by atoms with van der Waals surface area (Å²) in [6.45, 7) is 2.23. The molecule has 0 amide bonds. The van der Waals surface area contributed by atoms with Gasteiger partial charge in [-0.05, 0) is 112 Å². The number of hydrogen-bond acceptors (Lipinski definition) is 1.